The van der Waals surface area contributed by atoms with Crippen molar-refractivity contribution in [2.45, 2.75) is 6.61 Å². The Kier molecular flexibility index (Phi) is 4.59. The molecule has 1 amide bonds. The lowest BCUT2D eigenvalue weighted by Crippen LogP contribution is -2.29. The topological polar surface area (TPSA) is 72.5 Å². The Balaban J connectivity index is 1.97. The summed E-state index contributed by atoms with van der Waals surface area (Å²) in [6.07, 6.45) is 0.933. The summed E-state index contributed by atoms with van der Waals surface area (Å²) in [5, 5.41) is 0. The predicted octanol–water partition coefficient (Wildman–Crippen LogP) is 1.96. The summed E-state index contributed by atoms with van der Waals surface area (Å²) >= 11 is 0. The molecule has 5 nitrogen and oxygen atoms in total. The second-order valence-corrected chi connectivity index (χ2v) is 6.25. The van der Waals surface area contributed by atoms with Crippen LogP contribution in [0.25, 0.3) is 0 Å². The van der Waals surface area contributed by atoms with Gasteiger partial charge < -0.3 is 4.74 Å². The van der Waals surface area contributed by atoms with E-state index in [0.717, 1.165) is 11.8 Å². The van der Waals surface area contributed by atoms with Crippen molar-refractivity contribution in [3.8, 4) is 5.75 Å². The van der Waals surface area contributed by atoms with Gasteiger partial charge in [-0.1, -0.05) is 30.3 Å². The lowest BCUT2D eigenvalue weighted by molar-refractivity contribution is 0.0981. The quantitative estimate of drug-likeness (QED) is 0.916. The van der Waals surface area contributed by atoms with Gasteiger partial charge in [-0.15, -0.1) is 0 Å². The minimum absolute atomic E-state index is 0.257. The Morgan fingerprint density at radius 1 is 1.05 bits per heavy atom. The van der Waals surface area contributed by atoms with E-state index in [0.29, 0.717) is 12.4 Å². The van der Waals surface area contributed by atoms with E-state index < -0.39 is 15.9 Å². The van der Waals surface area contributed by atoms with Gasteiger partial charge in [0, 0.05) is 5.56 Å². The zero-order valence-corrected chi connectivity index (χ0v) is 12.3. The fourth-order valence-electron chi connectivity index (χ4n) is 1.67. The molecule has 0 aromatic heterocycles. The number of carbonyl (C=O) groups is 1. The third kappa shape index (κ3) is 4.92. The van der Waals surface area contributed by atoms with Crippen LogP contribution in [0.4, 0.5) is 0 Å². The molecular formula is C15H15NO4S. The zero-order valence-electron chi connectivity index (χ0n) is 11.4. The van der Waals surface area contributed by atoms with Crippen LogP contribution in [0.15, 0.2) is 54.6 Å². The molecule has 0 saturated heterocycles. The van der Waals surface area contributed by atoms with E-state index in [9.17, 15) is 13.2 Å². The van der Waals surface area contributed by atoms with Crippen LogP contribution in [0.2, 0.25) is 0 Å². The Hall–Kier alpha value is -2.34. The minimum Gasteiger partial charge on any atom is -0.489 e. The number of amides is 1. The maximum atomic E-state index is 11.6. The van der Waals surface area contributed by atoms with Crippen LogP contribution >= 0.6 is 0 Å². The highest BCUT2D eigenvalue weighted by molar-refractivity contribution is 7.89. The second kappa shape index (κ2) is 6.41. The molecule has 2 aromatic rings. The number of carbonyl (C=O) groups excluding carboxylic acids is 1. The zero-order chi connectivity index (χ0) is 15.3. The third-order valence-corrected chi connectivity index (χ3v) is 3.20. The van der Waals surface area contributed by atoms with Gasteiger partial charge >= 0.3 is 0 Å². The maximum absolute atomic E-state index is 11.6. The van der Waals surface area contributed by atoms with E-state index in [1.165, 1.54) is 12.1 Å². The summed E-state index contributed by atoms with van der Waals surface area (Å²) < 4.78 is 29.5. The van der Waals surface area contributed by atoms with E-state index in [-0.39, 0.29) is 5.56 Å². The molecule has 21 heavy (non-hydrogen) atoms. The maximum Gasteiger partial charge on any atom is 0.264 e. The van der Waals surface area contributed by atoms with E-state index >= 15 is 0 Å². The van der Waals surface area contributed by atoms with E-state index in [2.05, 4.69) is 0 Å². The van der Waals surface area contributed by atoms with Crippen LogP contribution in [0.3, 0.4) is 0 Å². The largest absolute Gasteiger partial charge is 0.489 e. The van der Waals surface area contributed by atoms with Crippen molar-refractivity contribution in [1.29, 1.82) is 0 Å². The third-order valence-electron chi connectivity index (χ3n) is 2.64. The molecule has 0 heterocycles. The Labute approximate surface area is 123 Å². The first-order valence-electron chi connectivity index (χ1n) is 6.23. The summed E-state index contributed by atoms with van der Waals surface area (Å²) in [5.41, 5.74) is 1.30. The smallest absolute Gasteiger partial charge is 0.264 e. The first-order chi connectivity index (χ1) is 9.94. The molecule has 2 rings (SSSR count). The molecule has 0 aliphatic heterocycles. The van der Waals surface area contributed by atoms with Crippen LogP contribution in [0.5, 0.6) is 5.75 Å². The standard InChI is InChI=1S/C15H15NO4S/c1-21(18,19)16-15(17)13-7-9-14(10-8-13)20-11-12-5-3-2-4-6-12/h2-10H,11H2,1H3,(H,16,17). The van der Waals surface area contributed by atoms with Crippen LogP contribution < -0.4 is 9.46 Å². The lowest BCUT2D eigenvalue weighted by atomic mass is 10.2. The van der Waals surface area contributed by atoms with Gasteiger partial charge in [-0.25, -0.2) is 13.1 Å². The molecule has 0 fully saturated rings. The summed E-state index contributed by atoms with van der Waals surface area (Å²) in [6, 6.07) is 16.0. The Morgan fingerprint density at radius 3 is 2.24 bits per heavy atom. The van der Waals surface area contributed by atoms with Crippen molar-refractivity contribution in [2.24, 2.45) is 0 Å². The molecule has 0 atom stereocenters. The molecule has 6 heteroatoms. The van der Waals surface area contributed by atoms with E-state index in [1.54, 1.807) is 12.1 Å². The average molecular weight is 305 g/mol. The minimum atomic E-state index is -3.56. The summed E-state index contributed by atoms with van der Waals surface area (Å²) in [5.74, 6) is -0.0538. The van der Waals surface area contributed by atoms with Crippen molar-refractivity contribution >= 4 is 15.9 Å². The molecule has 0 bridgehead atoms. The molecular weight excluding hydrogens is 290 g/mol. The number of benzene rings is 2. The fraction of sp³-hybridized carbons (Fsp3) is 0.133. The van der Waals surface area contributed by atoms with Gasteiger partial charge in [0.15, 0.2) is 0 Å². The Bertz CT molecular complexity index is 709. The second-order valence-electron chi connectivity index (χ2n) is 4.50. The SMILES string of the molecule is CS(=O)(=O)NC(=O)c1ccc(OCc2ccccc2)cc1. The molecule has 0 radical (unpaired) electrons. The number of rotatable bonds is 5. The van der Waals surface area contributed by atoms with Gasteiger partial charge in [0.2, 0.25) is 10.0 Å². The number of nitrogens with one attached hydrogen (secondary N) is 1. The fourth-order valence-corrected chi connectivity index (χ4v) is 2.13. The monoisotopic (exact) mass is 305 g/mol. The highest BCUT2D eigenvalue weighted by Gasteiger charge is 2.10. The molecule has 0 unspecified atom stereocenters. The first-order valence-corrected chi connectivity index (χ1v) is 8.12. The highest BCUT2D eigenvalue weighted by atomic mass is 32.2. The van der Waals surface area contributed by atoms with Gasteiger partial charge in [0.05, 0.1) is 6.26 Å². The van der Waals surface area contributed by atoms with Gasteiger partial charge in [0.1, 0.15) is 12.4 Å². The van der Waals surface area contributed by atoms with E-state index in [1.807, 2.05) is 35.1 Å². The van der Waals surface area contributed by atoms with Crippen molar-refractivity contribution in [1.82, 2.24) is 4.72 Å². The first kappa shape index (κ1) is 15.1. The summed E-state index contributed by atoms with van der Waals surface area (Å²) in [4.78, 5) is 11.6. The van der Waals surface area contributed by atoms with Crippen molar-refractivity contribution in [3.05, 3.63) is 65.7 Å². The molecule has 110 valence electrons. The van der Waals surface area contributed by atoms with E-state index in [4.69, 9.17) is 4.74 Å². The van der Waals surface area contributed by atoms with Crippen LogP contribution in [-0.2, 0) is 16.6 Å². The average Bonchev–Trinajstić information content (AvgIpc) is 2.45. The molecule has 0 aliphatic carbocycles. The highest BCUT2D eigenvalue weighted by Crippen LogP contribution is 2.14. The normalized spacial score (nSPS) is 10.9. The van der Waals surface area contributed by atoms with Gasteiger partial charge in [-0.05, 0) is 29.8 Å². The molecule has 0 aliphatic rings. The molecule has 0 spiro atoms. The van der Waals surface area contributed by atoms with Crippen LogP contribution in [0.1, 0.15) is 15.9 Å². The van der Waals surface area contributed by atoms with Crippen molar-refractivity contribution in [3.63, 3.8) is 0 Å². The summed E-state index contributed by atoms with van der Waals surface area (Å²) in [7, 11) is -3.56. The van der Waals surface area contributed by atoms with Crippen LogP contribution in [-0.4, -0.2) is 20.6 Å². The molecule has 2 aromatic carbocycles. The van der Waals surface area contributed by atoms with Gasteiger partial charge in [-0.3, -0.25) is 4.79 Å². The molecule has 1 N–H and O–H groups in total. The van der Waals surface area contributed by atoms with Gasteiger partial charge in [0.25, 0.3) is 5.91 Å². The van der Waals surface area contributed by atoms with Crippen LogP contribution in [0, 0.1) is 0 Å². The van der Waals surface area contributed by atoms with Gasteiger partial charge in [-0.2, -0.15) is 0 Å². The van der Waals surface area contributed by atoms with Crippen molar-refractivity contribution in [2.75, 3.05) is 6.26 Å². The lowest BCUT2D eigenvalue weighted by Gasteiger charge is -2.07. The number of hydrogen-bond acceptors (Lipinski definition) is 4. The number of ether oxygens (including phenoxy) is 1. The number of hydrogen-bond donors (Lipinski definition) is 1. The predicted molar refractivity (Wildman–Crippen MR) is 79.5 cm³/mol. The summed E-state index contributed by atoms with van der Waals surface area (Å²) in [6.45, 7) is 0.426. The number of sulfonamides is 1. The Morgan fingerprint density at radius 2 is 1.67 bits per heavy atom. The molecule has 0 saturated carbocycles. The van der Waals surface area contributed by atoms with Crippen molar-refractivity contribution < 1.29 is 17.9 Å².